The van der Waals surface area contributed by atoms with Crippen LogP contribution in [0.15, 0.2) is 76.0 Å². The van der Waals surface area contributed by atoms with Crippen molar-refractivity contribution in [3.05, 3.63) is 72.5 Å². The normalized spacial score (nSPS) is 11.2. The summed E-state index contributed by atoms with van der Waals surface area (Å²) in [5, 5.41) is 8.85. The second-order valence-corrected chi connectivity index (χ2v) is 6.65. The monoisotopic (exact) mass is 343 g/mol. The summed E-state index contributed by atoms with van der Waals surface area (Å²) in [4.78, 5) is 11.0. The number of aromatic carboxylic acids is 1. The Hall–Kier alpha value is -3.06. The number of hydrogen-bond acceptors (Lipinski definition) is 4. The summed E-state index contributed by atoms with van der Waals surface area (Å²) in [6.45, 7) is 0. The minimum Gasteiger partial charge on any atom is -0.475 e. The minimum atomic E-state index is -3.65. The van der Waals surface area contributed by atoms with Gasteiger partial charge in [-0.3, -0.25) is 4.72 Å². The quantitative estimate of drug-likeness (QED) is 0.739. The zero-order chi connectivity index (χ0) is 17.2. The molecule has 0 saturated carbocycles. The molecular weight excluding hydrogens is 330 g/mol. The lowest BCUT2D eigenvalue weighted by Crippen LogP contribution is -2.12. The number of sulfonamides is 1. The van der Waals surface area contributed by atoms with Crippen LogP contribution in [-0.2, 0) is 10.0 Å². The molecule has 0 spiro atoms. The largest absolute Gasteiger partial charge is 0.475 e. The topological polar surface area (TPSA) is 96.6 Å². The Bertz CT molecular complexity index is 960. The van der Waals surface area contributed by atoms with Gasteiger partial charge in [-0.05, 0) is 48.5 Å². The number of carboxylic acids is 1. The van der Waals surface area contributed by atoms with Crippen LogP contribution < -0.4 is 4.72 Å². The molecule has 1 aromatic heterocycles. The van der Waals surface area contributed by atoms with Gasteiger partial charge in [0.25, 0.3) is 10.0 Å². The lowest BCUT2D eigenvalue weighted by atomic mass is 10.1. The van der Waals surface area contributed by atoms with Crippen molar-refractivity contribution in [2.45, 2.75) is 4.90 Å². The Kier molecular flexibility index (Phi) is 4.09. The number of anilines is 1. The van der Waals surface area contributed by atoms with Gasteiger partial charge in [-0.15, -0.1) is 0 Å². The van der Waals surface area contributed by atoms with Crippen LogP contribution in [0.3, 0.4) is 0 Å². The lowest BCUT2D eigenvalue weighted by molar-refractivity contribution is 0.0663. The van der Waals surface area contributed by atoms with E-state index in [9.17, 15) is 13.2 Å². The van der Waals surface area contributed by atoms with Crippen molar-refractivity contribution in [3.63, 3.8) is 0 Å². The zero-order valence-electron chi connectivity index (χ0n) is 12.3. The van der Waals surface area contributed by atoms with E-state index in [-0.39, 0.29) is 10.7 Å². The molecule has 1 heterocycles. The third kappa shape index (κ3) is 3.31. The van der Waals surface area contributed by atoms with E-state index in [4.69, 9.17) is 9.52 Å². The highest BCUT2D eigenvalue weighted by atomic mass is 32.2. The highest BCUT2D eigenvalue weighted by Crippen LogP contribution is 2.25. The van der Waals surface area contributed by atoms with Gasteiger partial charge in [0.05, 0.1) is 4.90 Å². The maximum atomic E-state index is 12.2. The molecule has 0 amide bonds. The van der Waals surface area contributed by atoms with Crippen LogP contribution in [0.4, 0.5) is 5.69 Å². The van der Waals surface area contributed by atoms with Crippen molar-refractivity contribution in [2.75, 3.05) is 4.72 Å². The van der Waals surface area contributed by atoms with Crippen molar-refractivity contribution in [1.82, 2.24) is 0 Å². The highest BCUT2D eigenvalue weighted by molar-refractivity contribution is 7.92. The van der Waals surface area contributed by atoms with Crippen LogP contribution in [0.5, 0.6) is 0 Å². The van der Waals surface area contributed by atoms with Gasteiger partial charge >= 0.3 is 5.97 Å². The molecule has 0 aliphatic rings. The first-order valence-corrected chi connectivity index (χ1v) is 8.45. The molecule has 0 aliphatic carbocycles. The predicted molar refractivity (Wildman–Crippen MR) is 88.4 cm³/mol. The number of hydrogen-bond donors (Lipinski definition) is 2. The smallest absolute Gasteiger partial charge is 0.371 e. The maximum Gasteiger partial charge on any atom is 0.371 e. The van der Waals surface area contributed by atoms with Crippen molar-refractivity contribution in [1.29, 1.82) is 0 Å². The standard InChI is InChI=1S/C17H13NO5S/c19-17(20)16-11-10-15(23-16)12-6-8-13(9-7-12)18-24(21,22)14-4-2-1-3-5-14/h1-11,18H,(H,19,20). The minimum absolute atomic E-state index is 0.154. The molecule has 6 nitrogen and oxygen atoms in total. The second-order valence-electron chi connectivity index (χ2n) is 4.96. The lowest BCUT2D eigenvalue weighted by Gasteiger charge is -2.08. The Morgan fingerprint density at radius 3 is 2.17 bits per heavy atom. The SMILES string of the molecule is O=C(O)c1ccc(-c2ccc(NS(=O)(=O)c3ccccc3)cc2)o1. The summed E-state index contributed by atoms with van der Waals surface area (Å²) < 4.78 is 32.2. The summed E-state index contributed by atoms with van der Waals surface area (Å²) in [5.74, 6) is -0.905. The number of benzene rings is 2. The maximum absolute atomic E-state index is 12.2. The van der Waals surface area contributed by atoms with Gasteiger partial charge in [-0.25, -0.2) is 13.2 Å². The van der Waals surface area contributed by atoms with E-state index in [2.05, 4.69) is 4.72 Å². The molecule has 0 unspecified atom stereocenters. The average Bonchev–Trinajstić information content (AvgIpc) is 3.06. The number of nitrogens with one attached hydrogen (secondary N) is 1. The first-order valence-electron chi connectivity index (χ1n) is 6.97. The third-order valence-electron chi connectivity index (χ3n) is 3.29. The van der Waals surface area contributed by atoms with Gasteiger partial charge < -0.3 is 9.52 Å². The Balaban J connectivity index is 1.81. The molecule has 24 heavy (non-hydrogen) atoms. The van der Waals surface area contributed by atoms with Gasteiger partial charge in [0.15, 0.2) is 0 Å². The van der Waals surface area contributed by atoms with Gasteiger partial charge in [-0.2, -0.15) is 0 Å². The van der Waals surface area contributed by atoms with Crippen LogP contribution in [0, 0.1) is 0 Å². The van der Waals surface area contributed by atoms with Gasteiger partial charge in [-0.1, -0.05) is 18.2 Å². The summed E-state index contributed by atoms with van der Waals surface area (Å²) in [5.41, 5.74) is 1.04. The molecule has 2 aromatic carbocycles. The van der Waals surface area contributed by atoms with E-state index in [1.807, 2.05) is 0 Å². The van der Waals surface area contributed by atoms with Gasteiger partial charge in [0, 0.05) is 11.3 Å². The predicted octanol–water partition coefficient (Wildman–Crippen LogP) is 3.45. The Labute approximate surface area is 138 Å². The second kappa shape index (κ2) is 6.21. The average molecular weight is 343 g/mol. The molecule has 0 saturated heterocycles. The molecule has 3 rings (SSSR count). The fourth-order valence-corrected chi connectivity index (χ4v) is 3.20. The van der Waals surface area contributed by atoms with E-state index >= 15 is 0 Å². The van der Waals surface area contributed by atoms with Crippen LogP contribution in [-0.4, -0.2) is 19.5 Å². The molecule has 0 bridgehead atoms. The van der Waals surface area contributed by atoms with Crippen LogP contribution in [0.25, 0.3) is 11.3 Å². The summed E-state index contributed by atoms with van der Waals surface area (Å²) in [7, 11) is -3.65. The first-order chi connectivity index (χ1) is 11.5. The van der Waals surface area contributed by atoms with Crippen LogP contribution in [0.2, 0.25) is 0 Å². The van der Waals surface area contributed by atoms with E-state index in [0.717, 1.165) is 0 Å². The molecule has 0 atom stereocenters. The number of carboxylic acid groups (broad SMARTS) is 1. The Morgan fingerprint density at radius 2 is 1.58 bits per heavy atom. The van der Waals surface area contributed by atoms with Crippen molar-refractivity contribution >= 4 is 21.7 Å². The molecule has 7 heteroatoms. The summed E-state index contributed by atoms with van der Waals surface area (Å²) in [6, 6.07) is 17.4. The number of carbonyl (C=O) groups is 1. The number of furan rings is 1. The van der Waals surface area contributed by atoms with E-state index in [1.165, 1.54) is 18.2 Å². The van der Waals surface area contributed by atoms with E-state index < -0.39 is 16.0 Å². The molecular formula is C17H13NO5S. The first kappa shape index (κ1) is 15.8. The van der Waals surface area contributed by atoms with Crippen LogP contribution >= 0.6 is 0 Å². The van der Waals surface area contributed by atoms with Crippen LogP contribution in [0.1, 0.15) is 10.6 Å². The fraction of sp³-hybridized carbons (Fsp3) is 0. The molecule has 0 aliphatic heterocycles. The summed E-state index contributed by atoms with van der Waals surface area (Å²) >= 11 is 0. The summed E-state index contributed by atoms with van der Waals surface area (Å²) in [6.07, 6.45) is 0. The molecule has 2 N–H and O–H groups in total. The van der Waals surface area contributed by atoms with E-state index in [0.29, 0.717) is 17.0 Å². The molecule has 0 fully saturated rings. The Morgan fingerprint density at radius 1 is 0.917 bits per heavy atom. The highest BCUT2D eigenvalue weighted by Gasteiger charge is 2.14. The third-order valence-corrected chi connectivity index (χ3v) is 4.69. The molecule has 122 valence electrons. The van der Waals surface area contributed by atoms with Crippen molar-refractivity contribution < 1.29 is 22.7 Å². The molecule has 3 aromatic rings. The van der Waals surface area contributed by atoms with Crippen molar-refractivity contribution in [2.24, 2.45) is 0 Å². The van der Waals surface area contributed by atoms with Gasteiger partial charge in [0.1, 0.15) is 5.76 Å². The zero-order valence-corrected chi connectivity index (χ0v) is 13.2. The van der Waals surface area contributed by atoms with Gasteiger partial charge in [0.2, 0.25) is 5.76 Å². The number of rotatable bonds is 5. The van der Waals surface area contributed by atoms with E-state index in [1.54, 1.807) is 48.5 Å². The van der Waals surface area contributed by atoms with Crippen molar-refractivity contribution in [3.8, 4) is 11.3 Å². The molecule has 0 radical (unpaired) electrons. The fourth-order valence-electron chi connectivity index (χ4n) is 2.12.